The normalized spacial score (nSPS) is 9.95. The highest BCUT2D eigenvalue weighted by atomic mass is 32.1. The number of hydrogen-bond acceptors (Lipinski definition) is 3. The van der Waals surface area contributed by atoms with Gasteiger partial charge in [0, 0.05) is 5.69 Å². The SMILES string of the molecule is Cc1ccc(NC(=O)CNC(=O)c2cccs2)cc1. The summed E-state index contributed by atoms with van der Waals surface area (Å²) in [5, 5.41) is 7.12. The third-order valence-electron chi connectivity index (χ3n) is 2.49. The van der Waals surface area contributed by atoms with Gasteiger partial charge < -0.3 is 10.6 Å². The number of aryl methyl sites for hydroxylation is 1. The highest BCUT2D eigenvalue weighted by Gasteiger charge is 2.08. The smallest absolute Gasteiger partial charge is 0.261 e. The van der Waals surface area contributed by atoms with Gasteiger partial charge in [-0.3, -0.25) is 9.59 Å². The summed E-state index contributed by atoms with van der Waals surface area (Å²) in [6.45, 7) is 1.94. The number of rotatable bonds is 4. The van der Waals surface area contributed by atoms with Gasteiger partial charge in [-0.2, -0.15) is 0 Å². The molecule has 0 fully saturated rings. The van der Waals surface area contributed by atoms with Crippen LogP contribution in [0.5, 0.6) is 0 Å². The van der Waals surface area contributed by atoms with E-state index in [1.165, 1.54) is 11.3 Å². The highest BCUT2D eigenvalue weighted by molar-refractivity contribution is 7.12. The van der Waals surface area contributed by atoms with E-state index in [2.05, 4.69) is 10.6 Å². The minimum Gasteiger partial charge on any atom is -0.342 e. The number of benzene rings is 1. The fraction of sp³-hybridized carbons (Fsp3) is 0.143. The Hall–Kier alpha value is -2.14. The Labute approximate surface area is 115 Å². The van der Waals surface area contributed by atoms with Crippen molar-refractivity contribution in [2.45, 2.75) is 6.92 Å². The Morgan fingerprint density at radius 1 is 1.16 bits per heavy atom. The maximum Gasteiger partial charge on any atom is 0.261 e. The molecule has 0 aliphatic carbocycles. The van der Waals surface area contributed by atoms with Gasteiger partial charge in [0.15, 0.2) is 0 Å². The monoisotopic (exact) mass is 274 g/mol. The van der Waals surface area contributed by atoms with Crippen LogP contribution < -0.4 is 10.6 Å². The molecule has 0 saturated heterocycles. The Bertz CT molecular complexity index is 562. The van der Waals surface area contributed by atoms with Gasteiger partial charge in [0.25, 0.3) is 5.91 Å². The number of hydrogen-bond donors (Lipinski definition) is 2. The molecule has 0 bridgehead atoms. The fourth-order valence-electron chi connectivity index (χ4n) is 1.50. The van der Waals surface area contributed by atoms with Gasteiger partial charge in [-0.05, 0) is 30.5 Å². The Balaban J connectivity index is 1.82. The van der Waals surface area contributed by atoms with Crippen molar-refractivity contribution in [1.82, 2.24) is 5.32 Å². The summed E-state index contributed by atoms with van der Waals surface area (Å²) in [4.78, 5) is 23.9. The second-order valence-electron chi connectivity index (χ2n) is 4.07. The maximum absolute atomic E-state index is 11.6. The molecule has 0 aliphatic heterocycles. The predicted octanol–water partition coefficient (Wildman–Crippen LogP) is 2.43. The number of carbonyl (C=O) groups is 2. The van der Waals surface area contributed by atoms with Crippen molar-refractivity contribution in [3.63, 3.8) is 0 Å². The van der Waals surface area contributed by atoms with Crippen LogP contribution in [0.4, 0.5) is 5.69 Å². The molecule has 2 N–H and O–H groups in total. The van der Waals surface area contributed by atoms with Crippen LogP contribution in [0.2, 0.25) is 0 Å². The summed E-state index contributed by atoms with van der Waals surface area (Å²) >= 11 is 1.34. The van der Waals surface area contributed by atoms with Crippen LogP contribution in [0.25, 0.3) is 0 Å². The van der Waals surface area contributed by atoms with Gasteiger partial charge in [0.05, 0.1) is 11.4 Å². The molecule has 2 rings (SSSR count). The van der Waals surface area contributed by atoms with E-state index in [0.29, 0.717) is 4.88 Å². The first kappa shape index (κ1) is 13.3. The molecule has 19 heavy (non-hydrogen) atoms. The molecule has 0 unspecified atom stereocenters. The van der Waals surface area contributed by atoms with Crippen molar-refractivity contribution in [1.29, 1.82) is 0 Å². The minimum atomic E-state index is -0.242. The first-order valence-electron chi connectivity index (χ1n) is 5.83. The molecule has 0 atom stereocenters. The number of anilines is 1. The second-order valence-corrected chi connectivity index (χ2v) is 5.02. The Morgan fingerprint density at radius 2 is 1.89 bits per heavy atom. The molecule has 1 heterocycles. The van der Waals surface area contributed by atoms with Crippen molar-refractivity contribution < 1.29 is 9.59 Å². The van der Waals surface area contributed by atoms with E-state index >= 15 is 0 Å². The van der Waals surface area contributed by atoms with E-state index in [4.69, 9.17) is 0 Å². The summed E-state index contributed by atoms with van der Waals surface area (Å²) in [5.41, 5.74) is 1.85. The number of nitrogens with one attached hydrogen (secondary N) is 2. The molecule has 1 aromatic carbocycles. The van der Waals surface area contributed by atoms with E-state index in [1.807, 2.05) is 36.6 Å². The summed E-state index contributed by atoms with van der Waals surface area (Å²) in [6.07, 6.45) is 0. The van der Waals surface area contributed by atoms with Crippen molar-refractivity contribution in [3.8, 4) is 0 Å². The second kappa shape index (κ2) is 6.15. The lowest BCUT2D eigenvalue weighted by Gasteiger charge is -2.06. The highest BCUT2D eigenvalue weighted by Crippen LogP contribution is 2.09. The number of amides is 2. The third-order valence-corrected chi connectivity index (χ3v) is 3.36. The van der Waals surface area contributed by atoms with Crippen molar-refractivity contribution >= 4 is 28.8 Å². The van der Waals surface area contributed by atoms with E-state index in [9.17, 15) is 9.59 Å². The summed E-state index contributed by atoms with van der Waals surface area (Å²) < 4.78 is 0. The van der Waals surface area contributed by atoms with Crippen LogP contribution in [0.15, 0.2) is 41.8 Å². The summed E-state index contributed by atoms with van der Waals surface area (Å²) in [5.74, 6) is -0.470. The molecule has 0 spiro atoms. The van der Waals surface area contributed by atoms with Crippen molar-refractivity contribution in [2.24, 2.45) is 0 Å². The molecule has 0 aliphatic rings. The van der Waals surface area contributed by atoms with E-state index in [0.717, 1.165) is 11.3 Å². The zero-order chi connectivity index (χ0) is 13.7. The lowest BCUT2D eigenvalue weighted by atomic mass is 10.2. The van der Waals surface area contributed by atoms with E-state index < -0.39 is 0 Å². The van der Waals surface area contributed by atoms with Gasteiger partial charge in [0.2, 0.25) is 5.91 Å². The summed E-state index contributed by atoms with van der Waals surface area (Å²) in [6, 6.07) is 11.0. The molecule has 98 valence electrons. The molecule has 1 aromatic heterocycles. The van der Waals surface area contributed by atoms with Crippen LogP contribution in [-0.2, 0) is 4.79 Å². The Morgan fingerprint density at radius 3 is 2.53 bits per heavy atom. The quantitative estimate of drug-likeness (QED) is 0.899. The standard InChI is InChI=1S/C14H14N2O2S/c1-10-4-6-11(7-5-10)16-13(17)9-15-14(18)12-3-2-8-19-12/h2-8H,9H2,1H3,(H,15,18)(H,16,17). The number of carbonyl (C=O) groups excluding carboxylic acids is 2. The lowest BCUT2D eigenvalue weighted by molar-refractivity contribution is -0.115. The first-order chi connectivity index (χ1) is 9.15. The molecule has 0 radical (unpaired) electrons. The molecular formula is C14H14N2O2S. The zero-order valence-corrected chi connectivity index (χ0v) is 11.3. The molecule has 2 aromatic rings. The minimum absolute atomic E-state index is 0.0371. The largest absolute Gasteiger partial charge is 0.342 e. The molecule has 0 saturated carbocycles. The fourth-order valence-corrected chi connectivity index (χ4v) is 2.14. The third kappa shape index (κ3) is 3.93. The van der Waals surface area contributed by atoms with Gasteiger partial charge in [-0.25, -0.2) is 0 Å². The van der Waals surface area contributed by atoms with Crippen molar-refractivity contribution in [3.05, 3.63) is 52.2 Å². The topological polar surface area (TPSA) is 58.2 Å². The van der Waals surface area contributed by atoms with Crippen LogP contribution in [-0.4, -0.2) is 18.4 Å². The van der Waals surface area contributed by atoms with Crippen LogP contribution in [0, 0.1) is 6.92 Å². The van der Waals surface area contributed by atoms with E-state index in [1.54, 1.807) is 12.1 Å². The van der Waals surface area contributed by atoms with Gasteiger partial charge in [-0.1, -0.05) is 23.8 Å². The van der Waals surface area contributed by atoms with E-state index in [-0.39, 0.29) is 18.4 Å². The van der Waals surface area contributed by atoms with Gasteiger partial charge >= 0.3 is 0 Å². The van der Waals surface area contributed by atoms with Crippen LogP contribution in [0.1, 0.15) is 15.2 Å². The van der Waals surface area contributed by atoms with Gasteiger partial charge in [0.1, 0.15) is 0 Å². The maximum atomic E-state index is 11.6. The zero-order valence-electron chi connectivity index (χ0n) is 10.5. The average Bonchev–Trinajstić information content (AvgIpc) is 2.93. The molecule has 2 amide bonds. The molecular weight excluding hydrogens is 260 g/mol. The van der Waals surface area contributed by atoms with Crippen molar-refractivity contribution in [2.75, 3.05) is 11.9 Å². The summed E-state index contributed by atoms with van der Waals surface area (Å²) in [7, 11) is 0. The number of thiophene rings is 1. The predicted molar refractivity (Wildman–Crippen MR) is 76.5 cm³/mol. The van der Waals surface area contributed by atoms with Gasteiger partial charge in [-0.15, -0.1) is 11.3 Å². The Kier molecular flexibility index (Phi) is 4.30. The first-order valence-corrected chi connectivity index (χ1v) is 6.71. The van der Waals surface area contributed by atoms with Crippen LogP contribution >= 0.6 is 11.3 Å². The average molecular weight is 274 g/mol. The van der Waals surface area contributed by atoms with Crippen LogP contribution in [0.3, 0.4) is 0 Å². The molecule has 5 heteroatoms. The molecule has 4 nitrogen and oxygen atoms in total. The lowest BCUT2D eigenvalue weighted by Crippen LogP contribution is -2.32.